The number of hydrogen-bond acceptors (Lipinski definition) is 3. The van der Waals surface area contributed by atoms with Gasteiger partial charge >= 0.3 is 6.03 Å². The quantitative estimate of drug-likeness (QED) is 0.795. The van der Waals surface area contributed by atoms with Gasteiger partial charge < -0.3 is 4.90 Å². The Morgan fingerprint density at radius 1 is 1.40 bits per heavy atom. The standard InChI is InChI=1S/C14H12ClN3O2/c1-8-10(3-2-9(6-16)13(8)15)18-7-11-12(19)4-5-17(11)14(18)20/h2-3,11H,4-5,7H2,1H3. The third-order valence-corrected chi connectivity index (χ3v) is 4.44. The molecule has 0 radical (unpaired) electrons. The second-order valence-electron chi connectivity index (χ2n) is 5.00. The minimum atomic E-state index is -0.337. The molecule has 2 aliphatic heterocycles. The van der Waals surface area contributed by atoms with Crippen LogP contribution >= 0.6 is 11.6 Å². The van der Waals surface area contributed by atoms with Crippen molar-refractivity contribution >= 4 is 29.1 Å². The zero-order chi connectivity index (χ0) is 14.4. The van der Waals surface area contributed by atoms with Crippen LogP contribution in [-0.2, 0) is 4.79 Å². The van der Waals surface area contributed by atoms with E-state index in [1.54, 1.807) is 28.9 Å². The number of amides is 2. The molecule has 2 aliphatic rings. The first-order valence-corrected chi connectivity index (χ1v) is 6.72. The average molecular weight is 290 g/mol. The van der Waals surface area contributed by atoms with Crippen molar-refractivity contribution < 1.29 is 9.59 Å². The summed E-state index contributed by atoms with van der Waals surface area (Å²) >= 11 is 6.13. The van der Waals surface area contributed by atoms with Crippen LogP contribution < -0.4 is 4.90 Å². The number of ketones is 1. The van der Waals surface area contributed by atoms with Crippen LogP contribution in [0.5, 0.6) is 0 Å². The van der Waals surface area contributed by atoms with E-state index in [1.807, 2.05) is 6.07 Å². The molecule has 2 saturated heterocycles. The van der Waals surface area contributed by atoms with E-state index in [4.69, 9.17) is 16.9 Å². The van der Waals surface area contributed by atoms with Crippen molar-refractivity contribution in [3.63, 3.8) is 0 Å². The Hall–Kier alpha value is -2.06. The summed E-state index contributed by atoms with van der Waals surface area (Å²) in [7, 11) is 0. The maximum Gasteiger partial charge on any atom is 0.325 e. The Morgan fingerprint density at radius 2 is 2.15 bits per heavy atom. The van der Waals surface area contributed by atoms with Gasteiger partial charge in [-0.15, -0.1) is 0 Å². The summed E-state index contributed by atoms with van der Waals surface area (Å²) in [4.78, 5) is 27.3. The lowest BCUT2D eigenvalue weighted by atomic mass is 10.1. The number of halogens is 1. The van der Waals surface area contributed by atoms with Gasteiger partial charge in [0.05, 0.1) is 17.1 Å². The average Bonchev–Trinajstić information content (AvgIpc) is 2.95. The summed E-state index contributed by atoms with van der Waals surface area (Å²) < 4.78 is 0. The molecule has 1 aromatic carbocycles. The van der Waals surface area contributed by atoms with Crippen LogP contribution in [0.1, 0.15) is 17.5 Å². The molecule has 0 aliphatic carbocycles. The molecule has 0 bridgehead atoms. The maximum absolute atomic E-state index is 12.3. The van der Waals surface area contributed by atoms with Crippen molar-refractivity contribution in [1.82, 2.24) is 4.90 Å². The Morgan fingerprint density at radius 3 is 2.80 bits per heavy atom. The fraction of sp³-hybridized carbons (Fsp3) is 0.357. The van der Waals surface area contributed by atoms with Crippen molar-refractivity contribution in [2.24, 2.45) is 0 Å². The number of carbonyl (C=O) groups excluding carboxylic acids is 2. The summed E-state index contributed by atoms with van der Waals surface area (Å²) in [5.74, 6) is 0.109. The minimum absolute atomic E-state index is 0.109. The molecule has 1 unspecified atom stereocenters. The monoisotopic (exact) mass is 289 g/mol. The second-order valence-corrected chi connectivity index (χ2v) is 5.38. The van der Waals surface area contributed by atoms with Crippen molar-refractivity contribution in [3.05, 3.63) is 28.3 Å². The summed E-state index contributed by atoms with van der Waals surface area (Å²) in [5, 5.41) is 9.31. The number of urea groups is 1. The molecule has 1 atom stereocenters. The van der Waals surface area contributed by atoms with Crippen molar-refractivity contribution in [3.8, 4) is 6.07 Å². The number of carbonyl (C=O) groups is 2. The number of benzene rings is 1. The Balaban J connectivity index is 2.00. The van der Waals surface area contributed by atoms with E-state index in [9.17, 15) is 9.59 Å². The second kappa shape index (κ2) is 4.50. The molecule has 102 valence electrons. The first-order chi connectivity index (χ1) is 9.54. The van der Waals surface area contributed by atoms with Gasteiger partial charge in [-0.05, 0) is 24.6 Å². The molecule has 2 fully saturated rings. The molecule has 2 heterocycles. The topological polar surface area (TPSA) is 64.4 Å². The van der Waals surface area contributed by atoms with Crippen LogP contribution in [-0.4, -0.2) is 35.8 Å². The Bertz CT molecular complexity index is 665. The first kappa shape index (κ1) is 12.9. The molecule has 0 aromatic heterocycles. The highest BCUT2D eigenvalue weighted by molar-refractivity contribution is 6.33. The van der Waals surface area contributed by atoms with Crippen molar-refractivity contribution in [2.75, 3.05) is 18.0 Å². The zero-order valence-electron chi connectivity index (χ0n) is 10.9. The maximum atomic E-state index is 12.3. The highest BCUT2D eigenvalue weighted by Gasteiger charge is 2.45. The highest BCUT2D eigenvalue weighted by atomic mass is 35.5. The SMILES string of the molecule is Cc1c(N2CC3C(=O)CCN3C2=O)ccc(C#N)c1Cl. The van der Waals surface area contributed by atoms with E-state index in [0.29, 0.717) is 41.3 Å². The number of anilines is 1. The van der Waals surface area contributed by atoms with Crippen molar-refractivity contribution in [2.45, 2.75) is 19.4 Å². The van der Waals surface area contributed by atoms with E-state index in [1.165, 1.54) is 0 Å². The summed E-state index contributed by atoms with van der Waals surface area (Å²) in [6.07, 6.45) is 0.442. The molecule has 1 aromatic rings. The number of Topliss-reactive ketones (excluding diaryl/α,β-unsaturated/α-hetero) is 1. The third kappa shape index (κ3) is 1.69. The van der Waals surface area contributed by atoms with E-state index >= 15 is 0 Å². The number of nitrogens with zero attached hydrogens (tertiary/aromatic N) is 3. The third-order valence-electron chi connectivity index (χ3n) is 3.95. The van der Waals surface area contributed by atoms with Crippen molar-refractivity contribution in [1.29, 1.82) is 5.26 Å². The fourth-order valence-corrected chi connectivity index (χ4v) is 3.02. The lowest BCUT2D eigenvalue weighted by Crippen LogP contribution is -2.32. The number of hydrogen-bond donors (Lipinski definition) is 0. The molecule has 3 rings (SSSR count). The summed E-state index contributed by atoms with van der Waals surface area (Å²) in [5.41, 5.74) is 1.74. The van der Waals surface area contributed by atoms with E-state index < -0.39 is 0 Å². The summed E-state index contributed by atoms with van der Waals surface area (Å²) in [6, 6.07) is 4.83. The first-order valence-electron chi connectivity index (χ1n) is 6.34. The number of nitriles is 1. The molecule has 5 nitrogen and oxygen atoms in total. The van der Waals surface area contributed by atoms with E-state index in [2.05, 4.69) is 0 Å². The lowest BCUT2D eigenvalue weighted by Gasteiger charge is -2.20. The molecule has 20 heavy (non-hydrogen) atoms. The fourth-order valence-electron chi connectivity index (χ4n) is 2.82. The number of rotatable bonds is 1. The van der Waals surface area contributed by atoms with Crippen LogP contribution in [0.15, 0.2) is 12.1 Å². The van der Waals surface area contributed by atoms with Crippen LogP contribution in [0.25, 0.3) is 0 Å². The van der Waals surface area contributed by atoms with E-state index in [-0.39, 0.29) is 17.9 Å². The van der Waals surface area contributed by atoms with Gasteiger partial charge in [0, 0.05) is 18.7 Å². The predicted molar refractivity (Wildman–Crippen MR) is 73.8 cm³/mol. The molecular formula is C14H12ClN3O2. The minimum Gasteiger partial charge on any atom is -0.312 e. The van der Waals surface area contributed by atoms with Crippen LogP contribution in [0, 0.1) is 18.3 Å². The normalized spacial score (nSPS) is 21.4. The summed E-state index contributed by atoms with van der Waals surface area (Å²) in [6.45, 7) is 2.62. The van der Waals surface area contributed by atoms with Gasteiger partial charge in [0.1, 0.15) is 12.1 Å². The number of fused-ring (bicyclic) bond motifs is 1. The molecule has 0 saturated carbocycles. The molecule has 6 heteroatoms. The van der Waals surface area contributed by atoms with Gasteiger partial charge in [0.25, 0.3) is 0 Å². The van der Waals surface area contributed by atoms with Gasteiger partial charge in [-0.2, -0.15) is 5.26 Å². The Labute approximate surface area is 121 Å². The molecule has 2 amide bonds. The molecular weight excluding hydrogens is 278 g/mol. The highest BCUT2D eigenvalue weighted by Crippen LogP contribution is 2.34. The van der Waals surface area contributed by atoms with Crippen LogP contribution in [0.2, 0.25) is 5.02 Å². The van der Waals surface area contributed by atoms with Gasteiger partial charge in [-0.3, -0.25) is 9.69 Å². The van der Waals surface area contributed by atoms with Crippen LogP contribution in [0.4, 0.5) is 10.5 Å². The van der Waals surface area contributed by atoms with Crippen LogP contribution in [0.3, 0.4) is 0 Å². The van der Waals surface area contributed by atoms with Gasteiger partial charge in [-0.25, -0.2) is 4.79 Å². The smallest absolute Gasteiger partial charge is 0.312 e. The molecule has 0 spiro atoms. The molecule has 0 N–H and O–H groups in total. The van der Waals surface area contributed by atoms with Gasteiger partial charge in [0.2, 0.25) is 0 Å². The van der Waals surface area contributed by atoms with Gasteiger partial charge in [0.15, 0.2) is 5.78 Å². The van der Waals surface area contributed by atoms with E-state index in [0.717, 1.165) is 0 Å². The largest absolute Gasteiger partial charge is 0.325 e. The zero-order valence-corrected chi connectivity index (χ0v) is 11.6. The lowest BCUT2D eigenvalue weighted by molar-refractivity contribution is -0.119. The predicted octanol–water partition coefficient (Wildman–Crippen LogP) is 2.10. The van der Waals surface area contributed by atoms with Gasteiger partial charge in [-0.1, -0.05) is 11.6 Å². The Kier molecular flexibility index (Phi) is 2.91.